The molecule has 2 heterocycles. The van der Waals surface area contributed by atoms with Crippen LogP contribution in [0, 0.1) is 17.8 Å². The van der Waals surface area contributed by atoms with Crippen LogP contribution in [0.5, 0.6) is 0 Å². The van der Waals surface area contributed by atoms with Crippen molar-refractivity contribution in [1.82, 2.24) is 25.3 Å². The summed E-state index contributed by atoms with van der Waals surface area (Å²) in [6.07, 6.45) is 7.81. The molecule has 2 rings (SSSR count). The molecule has 2 saturated heterocycles. The number of rotatable bonds is 12. The molecule has 0 aromatic carbocycles. The van der Waals surface area contributed by atoms with Crippen molar-refractivity contribution in [1.29, 1.82) is 0 Å². The molecule has 0 aromatic rings. The standard InChI is InChI=1S/C22H38N4O5.C8H17N.C4H10/c1-14(2)17(12-27)24-21(30)18-8-7-9-26(18)22(31)16(5)10-19(15(3)4)25(6)20(29)11-23-13-28;1-8(2)9-6-4-3-5-7-9;1-4(2)3/h10,13-15,17-19,27H,7-9,11-12H2,1-6H3,(H,23,28)(H,24,30);8H,3-7H2,1-2H3;4H,1-3H3/b16-10+;;/t17-,18-,19+;;/m0../s1. The first-order valence-corrected chi connectivity index (χ1v) is 16.7. The third kappa shape index (κ3) is 15.5. The maximum atomic E-state index is 13.1. The van der Waals surface area contributed by atoms with Gasteiger partial charge in [0.1, 0.15) is 6.04 Å². The van der Waals surface area contributed by atoms with Crippen molar-refractivity contribution in [3.05, 3.63) is 11.6 Å². The topological polar surface area (TPSA) is 122 Å². The average Bonchev–Trinajstić information content (AvgIpc) is 3.46. The Kier molecular flexibility index (Phi) is 20.9. The molecule has 44 heavy (non-hydrogen) atoms. The van der Waals surface area contributed by atoms with Crippen LogP contribution in [0.4, 0.5) is 0 Å². The van der Waals surface area contributed by atoms with Crippen LogP contribution in [-0.4, -0.2) is 108 Å². The van der Waals surface area contributed by atoms with Crippen molar-refractivity contribution >= 4 is 24.1 Å². The second kappa shape index (κ2) is 22.1. The van der Waals surface area contributed by atoms with Gasteiger partial charge in [0.05, 0.1) is 25.2 Å². The molecule has 256 valence electrons. The number of amides is 4. The van der Waals surface area contributed by atoms with Gasteiger partial charge >= 0.3 is 0 Å². The fraction of sp³-hybridized carbons (Fsp3) is 0.824. The Morgan fingerprint density at radius 2 is 1.48 bits per heavy atom. The highest BCUT2D eigenvalue weighted by atomic mass is 16.3. The van der Waals surface area contributed by atoms with Crippen LogP contribution < -0.4 is 10.6 Å². The second-order valence-corrected chi connectivity index (χ2v) is 13.7. The molecule has 0 bridgehead atoms. The fourth-order valence-electron chi connectivity index (χ4n) is 5.14. The lowest BCUT2D eigenvalue weighted by molar-refractivity contribution is -0.136. The number of nitrogens with one attached hydrogen (secondary N) is 2. The molecular weight excluding hydrogens is 558 g/mol. The van der Waals surface area contributed by atoms with Gasteiger partial charge in [-0.1, -0.05) is 61.0 Å². The number of piperidine rings is 1. The number of nitrogens with zero attached hydrogens (tertiary/aromatic N) is 3. The minimum absolute atomic E-state index is 0.0435. The molecule has 10 nitrogen and oxygen atoms in total. The lowest BCUT2D eigenvalue weighted by atomic mass is 9.99. The Morgan fingerprint density at radius 3 is 1.91 bits per heavy atom. The number of likely N-dealkylation sites (N-methyl/N-ethyl adjacent to an activating group) is 1. The highest BCUT2D eigenvalue weighted by Crippen LogP contribution is 2.22. The van der Waals surface area contributed by atoms with E-state index in [0.29, 0.717) is 24.9 Å². The van der Waals surface area contributed by atoms with Gasteiger partial charge in [-0.2, -0.15) is 0 Å². The number of carbonyl (C=O) groups is 4. The summed E-state index contributed by atoms with van der Waals surface area (Å²) < 4.78 is 0. The number of likely N-dealkylation sites (tertiary alicyclic amines) is 2. The molecule has 0 radical (unpaired) electrons. The maximum absolute atomic E-state index is 13.1. The summed E-state index contributed by atoms with van der Waals surface area (Å²) in [5.41, 5.74) is 0.462. The first-order chi connectivity index (χ1) is 20.6. The van der Waals surface area contributed by atoms with Crippen molar-refractivity contribution < 1.29 is 24.3 Å². The van der Waals surface area contributed by atoms with Gasteiger partial charge in [0, 0.05) is 25.2 Å². The van der Waals surface area contributed by atoms with Crippen molar-refractivity contribution in [2.24, 2.45) is 17.8 Å². The van der Waals surface area contributed by atoms with Gasteiger partial charge in [0.15, 0.2) is 0 Å². The number of hydrogen-bond donors (Lipinski definition) is 3. The van der Waals surface area contributed by atoms with Crippen LogP contribution in [0.25, 0.3) is 0 Å². The van der Waals surface area contributed by atoms with E-state index < -0.39 is 6.04 Å². The van der Waals surface area contributed by atoms with Gasteiger partial charge in [-0.3, -0.25) is 19.2 Å². The largest absolute Gasteiger partial charge is 0.394 e. The number of hydrogen-bond acceptors (Lipinski definition) is 6. The number of aliphatic hydroxyl groups is 1. The Bertz CT molecular complexity index is 881. The third-order valence-corrected chi connectivity index (χ3v) is 7.88. The van der Waals surface area contributed by atoms with Crippen LogP contribution in [0.2, 0.25) is 0 Å². The summed E-state index contributed by atoms with van der Waals surface area (Å²) in [4.78, 5) is 54.3. The van der Waals surface area contributed by atoms with E-state index in [-0.39, 0.29) is 54.8 Å². The van der Waals surface area contributed by atoms with Gasteiger partial charge in [-0.15, -0.1) is 0 Å². The van der Waals surface area contributed by atoms with Crippen LogP contribution in [-0.2, 0) is 19.2 Å². The zero-order valence-corrected chi connectivity index (χ0v) is 29.7. The second-order valence-electron chi connectivity index (χ2n) is 13.7. The molecular formula is C34H65N5O5. The molecule has 2 aliphatic heterocycles. The Hall–Kier alpha value is -2.46. The zero-order chi connectivity index (χ0) is 34.0. The fourth-order valence-corrected chi connectivity index (χ4v) is 5.14. The monoisotopic (exact) mass is 623 g/mol. The zero-order valence-electron chi connectivity index (χ0n) is 29.7. The van der Waals surface area contributed by atoms with E-state index in [1.54, 1.807) is 24.9 Å². The van der Waals surface area contributed by atoms with E-state index in [1.807, 2.05) is 27.7 Å². The molecule has 0 spiro atoms. The van der Waals surface area contributed by atoms with Crippen LogP contribution in [0.1, 0.15) is 101 Å². The van der Waals surface area contributed by atoms with Gasteiger partial charge in [-0.05, 0) is 77.3 Å². The van der Waals surface area contributed by atoms with Gasteiger partial charge in [0.25, 0.3) is 0 Å². The Balaban J connectivity index is 0.00000117. The number of carbonyl (C=O) groups excluding carboxylic acids is 4. The van der Waals surface area contributed by atoms with Crippen LogP contribution in [0.3, 0.4) is 0 Å². The van der Waals surface area contributed by atoms with Gasteiger partial charge in [0.2, 0.25) is 24.1 Å². The summed E-state index contributed by atoms with van der Waals surface area (Å²) in [6, 6.07) is -0.492. The number of aliphatic hydroxyl groups excluding tert-OH is 1. The highest BCUT2D eigenvalue weighted by Gasteiger charge is 2.36. The summed E-state index contributed by atoms with van der Waals surface area (Å²) >= 11 is 0. The molecule has 0 aliphatic carbocycles. The first kappa shape index (κ1) is 41.5. The lowest BCUT2D eigenvalue weighted by Crippen LogP contribution is -2.51. The molecule has 4 amide bonds. The molecule has 10 heteroatoms. The predicted octanol–water partition coefficient (Wildman–Crippen LogP) is 3.83. The summed E-state index contributed by atoms with van der Waals surface area (Å²) in [5.74, 6) is 0.209. The molecule has 0 saturated carbocycles. The molecule has 2 aliphatic rings. The average molecular weight is 624 g/mol. The first-order valence-electron chi connectivity index (χ1n) is 16.7. The van der Waals surface area contributed by atoms with E-state index in [0.717, 1.165) is 18.4 Å². The third-order valence-electron chi connectivity index (χ3n) is 7.88. The van der Waals surface area contributed by atoms with Gasteiger partial charge in [-0.25, -0.2) is 0 Å². The van der Waals surface area contributed by atoms with E-state index in [9.17, 15) is 24.3 Å². The van der Waals surface area contributed by atoms with E-state index in [2.05, 4.69) is 50.2 Å². The van der Waals surface area contributed by atoms with Crippen LogP contribution in [0.15, 0.2) is 11.6 Å². The molecule has 0 unspecified atom stereocenters. The molecule has 3 atom stereocenters. The van der Waals surface area contributed by atoms with E-state index in [1.165, 1.54) is 37.3 Å². The summed E-state index contributed by atoms with van der Waals surface area (Å²) in [5, 5.41) is 14.7. The SMILES string of the molecule is C/C(=C\[C@H](C(C)C)N(C)C(=O)CNC=O)C(=O)N1CCC[C@H]1C(=O)N[C@@H](CO)C(C)C.CC(C)C.CC(C)N1CCCCC1. The Labute approximate surface area is 268 Å². The molecule has 3 N–H and O–H groups in total. The quantitative estimate of drug-likeness (QED) is 0.224. The molecule has 2 fully saturated rings. The minimum Gasteiger partial charge on any atom is -0.394 e. The summed E-state index contributed by atoms with van der Waals surface area (Å²) in [7, 11) is 1.64. The minimum atomic E-state index is -0.572. The lowest BCUT2D eigenvalue weighted by Gasteiger charge is -2.31. The van der Waals surface area contributed by atoms with Crippen molar-refractivity contribution in [2.75, 3.05) is 39.8 Å². The van der Waals surface area contributed by atoms with Crippen molar-refractivity contribution in [3.63, 3.8) is 0 Å². The smallest absolute Gasteiger partial charge is 0.249 e. The van der Waals surface area contributed by atoms with E-state index in [4.69, 9.17) is 0 Å². The van der Waals surface area contributed by atoms with E-state index >= 15 is 0 Å². The van der Waals surface area contributed by atoms with Crippen LogP contribution >= 0.6 is 0 Å². The van der Waals surface area contributed by atoms with Crippen molar-refractivity contribution in [2.45, 2.75) is 126 Å². The Morgan fingerprint density at radius 1 is 0.909 bits per heavy atom. The van der Waals surface area contributed by atoms with Gasteiger partial charge < -0.3 is 30.4 Å². The van der Waals surface area contributed by atoms with Crippen molar-refractivity contribution in [3.8, 4) is 0 Å². The molecule has 0 aromatic heterocycles. The predicted molar refractivity (Wildman–Crippen MR) is 179 cm³/mol. The normalized spacial score (nSPS) is 18.7. The maximum Gasteiger partial charge on any atom is 0.249 e. The summed E-state index contributed by atoms with van der Waals surface area (Å²) in [6.45, 7) is 23.4. The highest BCUT2D eigenvalue weighted by molar-refractivity contribution is 5.97.